The maximum absolute atomic E-state index is 13.8. The van der Waals surface area contributed by atoms with Gasteiger partial charge in [0, 0.05) is 12.1 Å². The summed E-state index contributed by atoms with van der Waals surface area (Å²) in [5.74, 6) is 0.563. The molecule has 3 atom stereocenters. The van der Waals surface area contributed by atoms with E-state index in [-0.39, 0.29) is 23.9 Å². The molecule has 2 aromatic rings. The maximum Gasteiger partial charge on any atom is 0.271 e. The quantitative estimate of drug-likeness (QED) is 0.754. The summed E-state index contributed by atoms with van der Waals surface area (Å²) in [6, 6.07) is 4.49. The highest BCUT2D eigenvalue weighted by molar-refractivity contribution is 7.17. The first kappa shape index (κ1) is 20.1. The van der Waals surface area contributed by atoms with Gasteiger partial charge in [-0.2, -0.15) is 0 Å². The fourth-order valence-corrected chi connectivity index (χ4v) is 6.82. The number of hydrogen-bond acceptors (Lipinski definition) is 3. The Morgan fingerprint density at radius 2 is 1.87 bits per heavy atom. The van der Waals surface area contributed by atoms with E-state index in [1.807, 2.05) is 17.9 Å². The standard InChI is InChI=1S/C24H33N3O2S/c1-16-8-6-7-11-18(16)25-23(29)24(2)15-26-19-12-13-30-21(19)14-20(26)22(28)27(24)17-9-4-3-5-10-17/h12-14,16-18H,3-11,15H2,1-2H3,(H,25,29). The van der Waals surface area contributed by atoms with E-state index in [0.717, 1.165) is 48.0 Å². The van der Waals surface area contributed by atoms with Crippen molar-refractivity contribution >= 4 is 33.4 Å². The summed E-state index contributed by atoms with van der Waals surface area (Å²) in [7, 11) is 0. The summed E-state index contributed by atoms with van der Waals surface area (Å²) < 4.78 is 3.23. The first-order valence-electron chi connectivity index (χ1n) is 11.7. The van der Waals surface area contributed by atoms with E-state index in [1.165, 1.54) is 25.7 Å². The number of thiophene rings is 1. The number of carbonyl (C=O) groups excluding carboxylic acids is 2. The van der Waals surface area contributed by atoms with Gasteiger partial charge in [-0.05, 0) is 56.0 Å². The topological polar surface area (TPSA) is 54.3 Å². The molecule has 3 aliphatic rings. The summed E-state index contributed by atoms with van der Waals surface area (Å²) in [5.41, 5.74) is 0.979. The molecule has 2 aliphatic carbocycles. The summed E-state index contributed by atoms with van der Waals surface area (Å²) >= 11 is 1.66. The maximum atomic E-state index is 13.8. The number of carbonyl (C=O) groups is 2. The van der Waals surface area contributed by atoms with Crippen molar-refractivity contribution in [1.82, 2.24) is 14.8 Å². The van der Waals surface area contributed by atoms with Crippen LogP contribution in [0.25, 0.3) is 10.2 Å². The molecule has 1 N–H and O–H groups in total. The molecule has 162 valence electrons. The third kappa shape index (κ3) is 3.19. The van der Waals surface area contributed by atoms with E-state index in [9.17, 15) is 9.59 Å². The van der Waals surface area contributed by atoms with Crippen molar-refractivity contribution < 1.29 is 9.59 Å². The van der Waals surface area contributed by atoms with Crippen molar-refractivity contribution in [1.29, 1.82) is 0 Å². The second kappa shape index (κ2) is 7.70. The van der Waals surface area contributed by atoms with Crippen molar-refractivity contribution in [3.05, 3.63) is 23.2 Å². The minimum Gasteiger partial charge on any atom is -0.351 e. The fourth-order valence-electron chi connectivity index (χ4n) is 6.00. The van der Waals surface area contributed by atoms with Gasteiger partial charge in [-0.15, -0.1) is 11.3 Å². The lowest BCUT2D eigenvalue weighted by molar-refractivity contribution is -0.136. The lowest BCUT2D eigenvalue weighted by Crippen LogP contribution is -2.67. The van der Waals surface area contributed by atoms with Gasteiger partial charge in [-0.3, -0.25) is 9.59 Å². The predicted octanol–water partition coefficient (Wildman–Crippen LogP) is 4.94. The Morgan fingerprint density at radius 1 is 1.13 bits per heavy atom. The van der Waals surface area contributed by atoms with Crippen LogP contribution in [0.4, 0.5) is 0 Å². The molecule has 2 aromatic heterocycles. The van der Waals surface area contributed by atoms with Crippen LogP contribution in [0.5, 0.6) is 0 Å². The molecule has 5 rings (SSSR count). The minimum absolute atomic E-state index is 0.0305. The van der Waals surface area contributed by atoms with Gasteiger partial charge in [0.1, 0.15) is 11.2 Å². The van der Waals surface area contributed by atoms with Crippen LogP contribution in [0.3, 0.4) is 0 Å². The molecule has 30 heavy (non-hydrogen) atoms. The van der Waals surface area contributed by atoms with Crippen LogP contribution < -0.4 is 5.32 Å². The number of amides is 2. The van der Waals surface area contributed by atoms with Crippen molar-refractivity contribution in [3.8, 4) is 0 Å². The Labute approximate surface area is 182 Å². The van der Waals surface area contributed by atoms with Crippen molar-refractivity contribution in [3.63, 3.8) is 0 Å². The number of fused-ring (bicyclic) bond motifs is 3. The molecule has 1 aliphatic heterocycles. The second-order valence-electron chi connectivity index (χ2n) is 9.87. The third-order valence-electron chi connectivity index (χ3n) is 7.82. The van der Waals surface area contributed by atoms with Gasteiger partial charge >= 0.3 is 0 Å². The average molecular weight is 428 g/mol. The summed E-state index contributed by atoms with van der Waals surface area (Å²) in [6.07, 6.45) is 10.2. The van der Waals surface area contributed by atoms with E-state index < -0.39 is 5.54 Å². The van der Waals surface area contributed by atoms with Gasteiger partial charge in [0.25, 0.3) is 5.91 Å². The number of hydrogen-bond donors (Lipinski definition) is 1. The van der Waals surface area contributed by atoms with Gasteiger partial charge < -0.3 is 14.8 Å². The molecule has 0 aromatic carbocycles. The van der Waals surface area contributed by atoms with Crippen LogP contribution in [0.2, 0.25) is 0 Å². The number of nitrogens with zero attached hydrogens (tertiary/aromatic N) is 2. The van der Waals surface area contributed by atoms with E-state index in [1.54, 1.807) is 11.3 Å². The van der Waals surface area contributed by atoms with Crippen molar-refractivity contribution in [2.45, 2.75) is 95.8 Å². The summed E-state index contributed by atoms with van der Waals surface area (Å²) in [5, 5.41) is 5.46. The van der Waals surface area contributed by atoms with Gasteiger partial charge in [0.05, 0.1) is 16.8 Å². The Kier molecular flexibility index (Phi) is 5.16. The lowest BCUT2D eigenvalue weighted by Gasteiger charge is -2.49. The molecule has 2 amide bonds. The Morgan fingerprint density at radius 3 is 2.63 bits per heavy atom. The summed E-state index contributed by atoms with van der Waals surface area (Å²) in [4.78, 5) is 29.6. The van der Waals surface area contributed by atoms with Crippen LogP contribution in [0.1, 0.15) is 82.1 Å². The van der Waals surface area contributed by atoms with Gasteiger partial charge in [-0.25, -0.2) is 0 Å². The smallest absolute Gasteiger partial charge is 0.271 e. The molecule has 2 saturated carbocycles. The van der Waals surface area contributed by atoms with Crippen molar-refractivity contribution in [2.75, 3.05) is 0 Å². The van der Waals surface area contributed by atoms with E-state index in [0.29, 0.717) is 12.5 Å². The van der Waals surface area contributed by atoms with Gasteiger partial charge in [0.15, 0.2) is 0 Å². The number of rotatable bonds is 3. The molecular formula is C24H33N3O2S. The zero-order valence-corrected chi connectivity index (χ0v) is 19.0. The van der Waals surface area contributed by atoms with E-state index >= 15 is 0 Å². The molecule has 0 saturated heterocycles. The second-order valence-corrected chi connectivity index (χ2v) is 10.8. The van der Waals surface area contributed by atoms with Crippen molar-refractivity contribution in [2.24, 2.45) is 5.92 Å². The first-order chi connectivity index (χ1) is 14.5. The SMILES string of the molecule is CC1CCCCC1NC(=O)C1(C)Cn2c(cc3sccc32)C(=O)N1C1CCCCC1. The summed E-state index contributed by atoms with van der Waals surface area (Å²) in [6.45, 7) is 4.79. The molecule has 0 bridgehead atoms. The molecule has 6 heteroatoms. The van der Waals surface area contributed by atoms with Crippen LogP contribution in [0, 0.1) is 5.92 Å². The van der Waals surface area contributed by atoms with Crippen LogP contribution in [-0.2, 0) is 11.3 Å². The van der Waals surface area contributed by atoms with Crippen LogP contribution in [0.15, 0.2) is 17.5 Å². The molecule has 3 heterocycles. The molecular weight excluding hydrogens is 394 g/mol. The van der Waals surface area contributed by atoms with Gasteiger partial charge in [0.2, 0.25) is 5.91 Å². The van der Waals surface area contributed by atoms with E-state index in [4.69, 9.17) is 0 Å². The highest BCUT2D eigenvalue weighted by atomic mass is 32.1. The number of nitrogens with one attached hydrogen (secondary N) is 1. The number of aromatic nitrogens is 1. The highest BCUT2D eigenvalue weighted by Gasteiger charge is 2.51. The van der Waals surface area contributed by atoms with E-state index in [2.05, 4.69) is 28.3 Å². The predicted molar refractivity (Wildman–Crippen MR) is 121 cm³/mol. The fraction of sp³-hybridized carbons (Fsp3) is 0.667. The minimum atomic E-state index is -0.850. The first-order valence-corrected chi connectivity index (χ1v) is 12.6. The monoisotopic (exact) mass is 427 g/mol. The lowest BCUT2D eigenvalue weighted by atomic mass is 9.83. The average Bonchev–Trinajstić information content (AvgIpc) is 3.33. The normalized spacial score (nSPS) is 30.5. The zero-order chi connectivity index (χ0) is 20.9. The molecule has 0 spiro atoms. The Balaban J connectivity index is 1.53. The molecule has 3 unspecified atom stereocenters. The van der Waals surface area contributed by atoms with Crippen LogP contribution >= 0.6 is 11.3 Å². The highest BCUT2D eigenvalue weighted by Crippen LogP contribution is 2.38. The largest absolute Gasteiger partial charge is 0.351 e. The third-order valence-corrected chi connectivity index (χ3v) is 8.67. The molecule has 2 fully saturated rings. The van der Waals surface area contributed by atoms with Gasteiger partial charge in [-0.1, -0.05) is 39.0 Å². The van der Waals surface area contributed by atoms with Crippen LogP contribution in [-0.4, -0.2) is 38.9 Å². The molecule has 5 nitrogen and oxygen atoms in total. The zero-order valence-electron chi connectivity index (χ0n) is 18.2. The Bertz CT molecular complexity index is 957. The molecule has 0 radical (unpaired) electrons. The Hall–Kier alpha value is -1.82.